The predicted molar refractivity (Wildman–Crippen MR) is 88.1 cm³/mol. The zero-order chi connectivity index (χ0) is 17.4. The van der Waals surface area contributed by atoms with Gasteiger partial charge in [0.1, 0.15) is 12.4 Å². The molecule has 1 atom stereocenters. The lowest BCUT2D eigenvalue weighted by molar-refractivity contribution is -0.0267. The van der Waals surface area contributed by atoms with Crippen molar-refractivity contribution in [3.05, 3.63) is 41.9 Å². The normalized spacial score (nSPS) is 18.2. The molecule has 1 aliphatic heterocycles. The van der Waals surface area contributed by atoms with Gasteiger partial charge in [0.15, 0.2) is 17.3 Å². The molecular formula is C16H19N7O2. The topological polar surface area (TPSA) is 101 Å². The number of aromatic amines is 1. The number of pyridine rings is 1. The van der Waals surface area contributed by atoms with Gasteiger partial charge in [-0.3, -0.25) is 14.3 Å². The molecule has 3 aromatic heterocycles. The average Bonchev–Trinajstić information content (AvgIpc) is 3.30. The quantitative estimate of drug-likeness (QED) is 0.768. The molecule has 0 radical (unpaired) electrons. The van der Waals surface area contributed by atoms with E-state index in [0.29, 0.717) is 36.7 Å². The molecule has 0 saturated carbocycles. The lowest BCUT2D eigenvalue weighted by Crippen LogP contribution is -2.42. The summed E-state index contributed by atoms with van der Waals surface area (Å²) in [4.78, 5) is 19.1. The van der Waals surface area contributed by atoms with Crippen molar-refractivity contribution in [1.82, 2.24) is 34.7 Å². The molecule has 1 N–H and O–H groups in total. The second kappa shape index (κ2) is 6.25. The van der Waals surface area contributed by atoms with Crippen molar-refractivity contribution in [3.63, 3.8) is 0 Å². The van der Waals surface area contributed by atoms with Crippen LogP contribution in [0.5, 0.6) is 0 Å². The van der Waals surface area contributed by atoms with Gasteiger partial charge in [0.25, 0.3) is 5.91 Å². The van der Waals surface area contributed by atoms with Crippen molar-refractivity contribution in [3.8, 4) is 0 Å². The van der Waals surface area contributed by atoms with Crippen LogP contribution in [0, 0.1) is 0 Å². The maximum absolute atomic E-state index is 12.8. The Morgan fingerprint density at radius 2 is 2.28 bits per heavy atom. The van der Waals surface area contributed by atoms with Gasteiger partial charge in [-0.05, 0) is 12.1 Å². The molecule has 1 amide bonds. The van der Waals surface area contributed by atoms with E-state index in [1.54, 1.807) is 34.0 Å². The van der Waals surface area contributed by atoms with Gasteiger partial charge < -0.3 is 9.64 Å². The first-order valence-corrected chi connectivity index (χ1v) is 8.24. The monoisotopic (exact) mass is 341 g/mol. The van der Waals surface area contributed by atoms with Crippen LogP contribution in [0.3, 0.4) is 0 Å². The Morgan fingerprint density at radius 3 is 3.08 bits per heavy atom. The minimum Gasteiger partial charge on any atom is -0.367 e. The van der Waals surface area contributed by atoms with Crippen LogP contribution in [-0.2, 0) is 4.74 Å². The lowest BCUT2D eigenvalue weighted by Gasteiger charge is -2.31. The Hall–Kier alpha value is -2.81. The minimum absolute atomic E-state index is 0.0486. The smallest absolute Gasteiger partial charge is 0.255 e. The number of amides is 1. The largest absolute Gasteiger partial charge is 0.367 e. The minimum atomic E-state index is -0.295. The second-order valence-corrected chi connectivity index (χ2v) is 6.36. The van der Waals surface area contributed by atoms with Crippen molar-refractivity contribution < 1.29 is 9.53 Å². The summed E-state index contributed by atoms with van der Waals surface area (Å²) in [5.41, 5.74) is 1.30. The summed E-state index contributed by atoms with van der Waals surface area (Å²) in [5, 5.41) is 14.9. The fourth-order valence-electron chi connectivity index (χ4n) is 2.83. The first-order valence-electron chi connectivity index (χ1n) is 8.24. The van der Waals surface area contributed by atoms with E-state index in [1.165, 1.54) is 0 Å². The molecule has 25 heavy (non-hydrogen) atoms. The van der Waals surface area contributed by atoms with Gasteiger partial charge in [0.2, 0.25) is 0 Å². The van der Waals surface area contributed by atoms with E-state index < -0.39 is 0 Å². The van der Waals surface area contributed by atoms with E-state index in [-0.39, 0.29) is 17.9 Å². The number of morpholine rings is 1. The van der Waals surface area contributed by atoms with E-state index in [1.807, 2.05) is 13.8 Å². The number of carbonyl (C=O) groups excluding carboxylic acids is 1. The molecule has 9 nitrogen and oxygen atoms in total. The third kappa shape index (κ3) is 2.98. The van der Waals surface area contributed by atoms with Crippen LogP contribution in [0.2, 0.25) is 0 Å². The summed E-state index contributed by atoms with van der Waals surface area (Å²) in [6.45, 7) is 5.51. The highest BCUT2D eigenvalue weighted by Gasteiger charge is 2.28. The molecule has 1 fully saturated rings. The third-order valence-electron chi connectivity index (χ3n) is 4.23. The lowest BCUT2D eigenvalue weighted by atomic mass is 10.2. The maximum atomic E-state index is 12.8. The zero-order valence-corrected chi connectivity index (χ0v) is 14.1. The van der Waals surface area contributed by atoms with Crippen molar-refractivity contribution in [2.75, 3.05) is 19.7 Å². The van der Waals surface area contributed by atoms with Gasteiger partial charge >= 0.3 is 0 Å². The fraction of sp³-hybridized carbons (Fsp3) is 0.438. The molecule has 0 bridgehead atoms. The van der Waals surface area contributed by atoms with Crippen LogP contribution in [0.1, 0.15) is 47.9 Å². The van der Waals surface area contributed by atoms with Crippen LogP contribution in [0.4, 0.5) is 0 Å². The number of H-pyrrole nitrogens is 1. The highest BCUT2D eigenvalue weighted by Crippen LogP contribution is 2.22. The van der Waals surface area contributed by atoms with Crippen LogP contribution >= 0.6 is 0 Å². The van der Waals surface area contributed by atoms with Gasteiger partial charge in [0.05, 0.1) is 18.7 Å². The number of hydrogen-bond donors (Lipinski definition) is 1. The molecule has 130 valence electrons. The average molecular weight is 341 g/mol. The molecule has 3 aromatic rings. The third-order valence-corrected chi connectivity index (χ3v) is 4.23. The molecule has 0 aromatic carbocycles. The molecule has 9 heteroatoms. The van der Waals surface area contributed by atoms with Gasteiger partial charge in [0, 0.05) is 18.7 Å². The number of ether oxygens (including phenoxy) is 1. The number of nitrogens with one attached hydrogen (secondary N) is 1. The number of fused-ring (bicyclic) bond motifs is 1. The highest BCUT2D eigenvalue weighted by atomic mass is 16.5. The summed E-state index contributed by atoms with van der Waals surface area (Å²) in [6, 6.07) is 3.55. The Morgan fingerprint density at radius 1 is 1.40 bits per heavy atom. The van der Waals surface area contributed by atoms with E-state index >= 15 is 0 Å². The van der Waals surface area contributed by atoms with Crippen LogP contribution in [0.25, 0.3) is 5.65 Å². The van der Waals surface area contributed by atoms with Crippen molar-refractivity contribution in [1.29, 1.82) is 0 Å². The number of carbonyl (C=O) groups is 1. The Labute approximate surface area is 144 Å². The predicted octanol–water partition coefficient (Wildman–Crippen LogP) is 1.18. The highest BCUT2D eigenvalue weighted by molar-refractivity contribution is 5.94. The molecular weight excluding hydrogens is 322 g/mol. The van der Waals surface area contributed by atoms with E-state index in [2.05, 4.69) is 25.4 Å². The fourth-order valence-corrected chi connectivity index (χ4v) is 2.83. The summed E-state index contributed by atoms with van der Waals surface area (Å²) in [7, 11) is 0. The summed E-state index contributed by atoms with van der Waals surface area (Å²) in [5.74, 6) is 1.60. The van der Waals surface area contributed by atoms with Crippen molar-refractivity contribution >= 4 is 11.6 Å². The summed E-state index contributed by atoms with van der Waals surface area (Å²) >= 11 is 0. The second-order valence-electron chi connectivity index (χ2n) is 6.36. The Bertz CT molecular complexity index is 901. The molecule has 1 saturated heterocycles. The maximum Gasteiger partial charge on any atom is 0.255 e. The number of hydrogen-bond acceptors (Lipinski definition) is 6. The van der Waals surface area contributed by atoms with Crippen LogP contribution < -0.4 is 0 Å². The number of nitrogens with zero attached hydrogens (tertiary/aromatic N) is 6. The molecule has 0 spiro atoms. The van der Waals surface area contributed by atoms with Gasteiger partial charge in [-0.25, -0.2) is 4.98 Å². The van der Waals surface area contributed by atoms with E-state index in [4.69, 9.17) is 4.74 Å². The first-order chi connectivity index (χ1) is 12.1. The first kappa shape index (κ1) is 15.7. The molecule has 4 rings (SSSR count). The number of aromatic nitrogens is 6. The van der Waals surface area contributed by atoms with E-state index in [0.717, 1.165) is 5.82 Å². The van der Waals surface area contributed by atoms with Crippen molar-refractivity contribution in [2.24, 2.45) is 0 Å². The zero-order valence-electron chi connectivity index (χ0n) is 14.1. The Kier molecular flexibility index (Phi) is 3.92. The Balaban J connectivity index is 1.52. The molecule has 1 aliphatic rings. The van der Waals surface area contributed by atoms with Crippen LogP contribution in [0.15, 0.2) is 24.7 Å². The van der Waals surface area contributed by atoms with Crippen LogP contribution in [-0.4, -0.2) is 60.3 Å². The summed E-state index contributed by atoms with van der Waals surface area (Å²) in [6.07, 6.45) is 3.03. The SMILES string of the molecule is CC(C)c1n[nH]c([C@@H]2CN(C(=O)c3ccc4nncn4c3)CCO2)n1. The number of rotatable bonds is 3. The van der Waals surface area contributed by atoms with Gasteiger partial charge in [-0.1, -0.05) is 13.8 Å². The molecule has 4 heterocycles. The van der Waals surface area contributed by atoms with Crippen molar-refractivity contribution in [2.45, 2.75) is 25.9 Å². The van der Waals surface area contributed by atoms with Gasteiger partial charge in [-0.2, -0.15) is 5.10 Å². The van der Waals surface area contributed by atoms with E-state index in [9.17, 15) is 4.79 Å². The molecule has 0 unspecified atom stereocenters. The molecule has 0 aliphatic carbocycles. The summed E-state index contributed by atoms with van der Waals surface area (Å²) < 4.78 is 7.51. The standard InChI is InChI=1S/C16H19N7O2/c1-10(2)14-18-15(21-20-14)12-8-22(5-6-25-12)16(24)11-3-4-13-19-17-9-23(13)7-11/h3-4,7,9-10,12H,5-6,8H2,1-2H3,(H,18,20,21)/t12-/m0/s1. The van der Waals surface area contributed by atoms with Gasteiger partial charge in [-0.15, -0.1) is 10.2 Å².